The summed E-state index contributed by atoms with van der Waals surface area (Å²) in [4.78, 5) is 24.2. The average molecular weight is 278 g/mol. The Morgan fingerprint density at radius 3 is 2.75 bits per heavy atom. The number of hydrogen-bond acceptors (Lipinski definition) is 3. The van der Waals surface area contributed by atoms with Gasteiger partial charge in [0.1, 0.15) is 5.75 Å². The normalized spacial score (nSPS) is 13.7. The molecule has 0 unspecified atom stereocenters. The van der Waals surface area contributed by atoms with Crippen LogP contribution in [0.15, 0.2) is 24.3 Å². The van der Waals surface area contributed by atoms with E-state index in [1.165, 1.54) is 12.8 Å². The van der Waals surface area contributed by atoms with Crippen molar-refractivity contribution < 1.29 is 19.4 Å². The van der Waals surface area contributed by atoms with E-state index in [1.54, 1.807) is 36.2 Å². The summed E-state index contributed by atoms with van der Waals surface area (Å²) in [6, 6.07) is 6.56. The lowest BCUT2D eigenvalue weighted by Gasteiger charge is -2.18. The summed E-state index contributed by atoms with van der Waals surface area (Å²) >= 11 is 0. The second kappa shape index (κ2) is 6.27. The molecule has 108 valence electrons. The number of carbonyl (C=O) groups excluding carboxylic acids is 1. The zero-order valence-electron chi connectivity index (χ0n) is 11.3. The first-order valence-electron chi connectivity index (χ1n) is 6.52. The standard InChI is InChI=1S/C14H18N2O4/c1-16(8-10-6-7-10)14(19)15-11-4-2-3-5-12(11)20-9-13(17)18/h2-5,10H,6-9H2,1H3,(H,15,19)(H,17,18). The van der Waals surface area contributed by atoms with Gasteiger partial charge in [0, 0.05) is 13.6 Å². The number of amides is 2. The molecule has 0 spiro atoms. The second-order valence-electron chi connectivity index (χ2n) is 4.93. The Balaban J connectivity index is 1.96. The van der Waals surface area contributed by atoms with Crippen LogP contribution in [-0.4, -0.2) is 42.2 Å². The number of rotatable bonds is 6. The maximum absolute atomic E-state index is 12.0. The summed E-state index contributed by atoms with van der Waals surface area (Å²) in [5.74, 6) is -0.0932. The van der Waals surface area contributed by atoms with Gasteiger partial charge < -0.3 is 20.1 Å². The summed E-state index contributed by atoms with van der Waals surface area (Å²) in [6.45, 7) is 0.300. The van der Waals surface area contributed by atoms with Gasteiger partial charge in [-0.2, -0.15) is 0 Å². The third kappa shape index (κ3) is 4.15. The Kier molecular flexibility index (Phi) is 4.45. The number of aliphatic carboxylic acids is 1. The molecule has 1 aliphatic rings. The highest BCUT2D eigenvalue weighted by Gasteiger charge is 2.25. The predicted molar refractivity (Wildman–Crippen MR) is 73.9 cm³/mol. The number of para-hydroxylation sites is 2. The van der Waals surface area contributed by atoms with Crippen molar-refractivity contribution in [2.24, 2.45) is 5.92 Å². The molecule has 0 heterocycles. The molecule has 0 radical (unpaired) electrons. The number of carboxylic acids is 1. The minimum atomic E-state index is -1.06. The smallest absolute Gasteiger partial charge is 0.341 e. The van der Waals surface area contributed by atoms with Gasteiger partial charge in [-0.1, -0.05) is 12.1 Å². The van der Waals surface area contributed by atoms with E-state index >= 15 is 0 Å². The third-order valence-electron chi connectivity index (χ3n) is 3.06. The van der Waals surface area contributed by atoms with Gasteiger partial charge in [0.15, 0.2) is 6.61 Å². The van der Waals surface area contributed by atoms with Crippen LogP contribution in [0, 0.1) is 5.92 Å². The van der Waals surface area contributed by atoms with Gasteiger partial charge in [0.05, 0.1) is 5.69 Å². The van der Waals surface area contributed by atoms with Gasteiger partial charge in [-0.05, 0) is 30.9 Å². The van der Waals surface area contributed by atoms with E-state index in [0.29, 0.717) is 17.4 Å². The van der Waals surface area contributed by atoms with Crippen molar-refractivity contribution in [3.8, 4) is 5.75 Å². The Morgan fingerprint density at radius 1 is 1.40 bits per heavy atom. The molecule has 1 saturated carbocycles. The van der Waals surface area contributed by atoms with Gasteiger partial charge in [-0.15, -0.1) is 0 Å². The Labute approximate surface area is 117 Å². The van der Waals surface area contributed by atoms with E-state index in [-0.39, 0.29) is 6.03 Å². The van der Waals surface area contributed by atoms with Crippen LogP contribution in [0.1, 0.15) is 12.8 Å². The molecular weight excluding hydrogens is 260 g/mol. The van der Waals surface area contributed by atoms with E-state index in [4.69, 9.17) is 9.84 Å². The van der Waals surface area contributed by atoms with Crippen LogP contribution < -0.4 is 10.1 Å². The van der Waals surface area contributed by atoms with Crippen LogP contribution in [0.4, 0.5) is 10.5 Å². The highest BCUT2D eigenvalue weighted by molar-refractivity contribution is 5.90. The van der Waals surface area contributed by atoms with Crippen LogP contribution in [-0.2, 0) is 4.79 Å². The summed E-state index contributed by atoms with van der Waals surface area (Å²) < 4.78 is 5.14. The van der Waals surface area contributed by atoms with Crippen molar-refractivity contribution in [1.29, 1.82) is 0 Å². The van der Waals surface area contributed by atoms with Crippen LogP contribution in [0.5, 0.6) is 5.75 Å². The van der Waals surface area contributed by atoms with Crippen LogP contribution in [0.2, 0.25) is 0 Å². The fraction of sp³-hybridized carbons (Fsp3) is 0.429. The number of carboxylic acid groups (broad SMARTS) is 1. The fourth-order valence-electron chi connectivity index (χ4n) is 1.82. The molecule has 20 heavy (non-hydrogen) atoms. The highest BCUT2D eigenvalue weighted by Crippen LogP contribution is 2.30. The summed E-state index contributed by atoms with van der Waals surface area (Å²) in [5.41, 5.74) is 0.474. The first kappa shape index (κ1) is 14.2. The Hall–Kier alpha value is -2.24. The van der Waals surface area contributed by atoms with Crippen molar-refractivity contribution in [2.45, 2.75) is 12.8 Å². The quantitative estimate of drug-likeness (QED) is 0.834. The molecule has 2 amide bonds. The Morgan fingerprint density at radius 2 is 2.10 bits per heavy atom. The van der Waals surface area contributed by atoms with E-state index in [9.17, 15) is 9.59 Å². The number of benzene rings is 1. The monoisotopic (exact) mass is 278 g/mol. The second-order valence-corrected chi connectivity index (χ2v) is 4.93. The topological polar surface area (TPSA) is 78.9 Å². The van der Waals surface area contributed by atoms with Crippen molar-refractivity contribution in [1.82, 2.24) is 4.90 Å². The maximum atomic E-state index is 12.0. The zero-order valence-corrected chi connectivity index (χ0v) is 11.3. The lowest BCUT2D eigenvalue weighted by atomic mass is 10.3. The van der Waals surface area contributed by atoms with E-state index in [0.717, 1.165) is 6.54 Å². The first-order chi connectivity index (χ1) is 9.56. The summed E-state index contributed by atoms with van der Waals surface area (Å²) in [6.07, 6.45) is 2.35. The van der Waals surface area contributed by atoms with Gasteiger partial charge in [-0.25, -0.2) is 9.59 Å². The van der Waals surface area contributed by atoms with Gasteiger partial charge in [0.25, 0.3) is 0 Å². The Bertz CT molecular complexity index is 500. The van der Waals surface area contributed by atoms with Crippen molar-refractivity contribution in [3.63, 3.8) is 0 Å². The minimum Gasteiger partial charge on any atom is -0.480 e. The average Bonchev–Trinajstić information content (AvgIpc) is 3.21. The summed E-state index contributed by atoms with van der Waals surface area (Å²) in [5, 5.41) is 11.4. The number of hydrogen-bond donors (Lipinski definition) is 2. The molecule has 0 aliphatic heterocycles. The molecule has 2 rings (SSSR count). The van der Waals surface area contributed by atoms with Gasteiger partial charge in [0.2, 0.25) is 0 Å². The van der Waals surface area contributed by atoms with Gasteiger partial charge in [-0.3, -0.25) is 0 Å². The lowest BCUT2D eigenvalue weighted by Crippen LogP contribution is -2.33. The first-order valence-corrected chi connectivity index (χ1v) is 6.52. The number of urea groups is 1. The van der Waals surface area contributed by atoms with E-state index in [2.05, 4.69) is 5.32 Å². The van der Waals surface area contributed by atoms with Crippen molar-refractivity contribution in [2.75, 3.05) is 25.5 Å². The molecular formula is C14H18N2O4. The SMILES string of the molecule is CN(CC1CC1)C(=O)Nc1ccccc1OCC(=O)O. The van der Waals surface area contributed by atoms with Crippen LogP contribution in [0.3, 0.4) is 0 Å². The molecule has 6 heteroatoms. The zero-order chi connectivity index (χ0) is 14.5. The van der Waals surface area contributed by atoms with Gasteiger partial charge >= 0.3 is 12.0 Å². The number of ether oxygens (including phenoxy) is 1. The number of anilines is 1. The molecule has 0 atom stereocenters. The highest BCUT2D eigenvalue weighted by atomic mass is 16.5. The van der Waals surface area contributed by atoms with E-state index < -0.39 is 12.6 Å². The molecule has 0 bridgehead atoms. The van der Waals surface area contributed by atoms with Crippen molar-refractivity contribution in [3.05, 3.63) is 24.3 Å². The number of nitrogens with one attached hydrogen (secondary N) is 1. The van der Waals surface area contributed by atoms with E-state index in [1.807, 2.05) is 0 Å². The van der Waals surface area contributed by atoms with Crippen LogP contribution in [0.25, 0.3) is 0 Å². The molecule has 2 N–H and O–H groups in total. The largest absolute Gasteiger partial charge is 0.480 e. The third-order valence-corrected chi connectivity index (χ3v) is 3.06. The van der Waals surface area contributed by atoms with Crippen LogP contribution >= 0.6 is 0 Å². The fourth-order valence-corrected chi connectivity index (χ4v) is 1.82. The number of carbonyl (C=O) groups is 2. The molecule has 6 nitrogen and oxygen atoms in total. The number of nitrogens with zero attached hydrogens (tertiary/aromatic N) is 1. The molecule has 1 aromatic carbocycles. The maximum Gasteiger partial charge on any atom is 0.341 e. The predicted octanol–water partition coefficient (Wildman–Crippen LogP) is 2.02. The lowest BCUT2D eigenvalue weighted by molar-refractivity contribution is -0.139. The molecule has 1 aromatic rings. The minimum absolute atomic E-state index is 0.219. The molecule has 1 fully saturated rings. The molecule has 1 aliphatic carbocycles. The molecule has 0 saturated heterocycles. The molecule has 0 aromatic heterocycles. The van der Waals surface area contributed by atoms with Crippen molar-refractivity contribution >= 4 is 17.7 Å². The summed E-state index contributed by atoms with van der Waals surface area (Å²) in [7, 11) is 1.74.